The summed E-state index contributed by atoms with van der Waals surface area (Å²) in [7, 11) is 0. The largest absolute Gasteiger partial charge is 0.376 e. The Hall–Kier alpha value is -2.33. The normalized spacial score (nSPS) is 22.4. The summed E-state index contributed by atoms with van der Waals surface area (Å²) in [6, 6.07) is 5.88. The predicted molar refractivity (Wildman–Crippen MR) is 124 cm³/mol. The summed E-state index contributed by atoms with van der Waals surface area (Å²) in [6.45, 7) is 4.56. The van der Waals surface area contributed by atoms with Gasteiger partial charge in [0.05, 0.1) is 35.8 Å². The van der Waals surface area contributed by atoms with Crippen LogP contribution in [0.4, 0.5) is 5.82 Å². The lowest BCUT2D eigenvalue weighted by atomic mass is 9.73. The number of nitrogens with zero attached hydrogens (tertiary/aromatic N) is 6. The van der Waals surface area contributed by atoms with E-state index >= 15 is 0 Å². The highest BCUT2D eigenvalue weighted by molar-refractivity contribution is 7.99. The summed E-state index contributed by atoms with van der Waals surface area (Å²) in [5.74, 6) is 0.782. The van der Waals surface area contributed by atoms with Gasteiger partial charge < -0.3 is 15.4 Å². The van der Waals surface area contributed by atoms with E-state index in [9.17, 15) is 0 Å². The smallest absolute Gasteiger partial charge is 0.214 e. The van der Waals surface area contributed by atoms with E-state index in [1.807, 2.05) is 18.2 Å². The molecule has 1 aromatic carbocycles. The molecule has 0 bridgehead atoms. The van der Waals surface area contributed by atoms with Crippen LogP contribution in [0, 0.1) is 5.41 Å². The third-order valence-electron chi connectivity index (χ3n) is 6.46. The Morgan fingerprint density at radius 1 is 1.16 bits per heavy atom. The summed E-state index contributed by atoms with van der Waals surface area (Å²) in [6.07, 6.45) is 8.85. The van der Waals surface area contributed by atoms with Crippen molar-refractivity contribution in [1.29, 1.82) is 0 Å². The van der Waals surface area contributed by atoms with E-state index in [-0.39, 0.29) is 17.6 Å². The Bertz CT molecular complexity index is 1080. The minimum atomic E-state index is 0.0808. The Labute approximate surface area is 196 Å². The fraction of sp³-hybridized carbons (Fsp3) is 0.409. The third kappa shape index (κ3) is 4.05. The molecule has 1 spiro atoms. The molecule has 2 aliphatic heterocycles. The second-order valence-corrected chi connectivity index (χ2v) is 9.69. The van der Waals surface area contributed by atoms with Crippen molar-refractivity contribution in [2.24, 2.45) is 11.1 Å². The lowest BCUT2D eigenvalue weighted by Gasteiger charge is -2.41. The second kappa shape index (κ2) is 8.90. The molecule has 32 heavy (non-hydrogen) atoms. The molecule has 3 aromatic rings. The molecule has 8 nitrogen and oxygen atoms in total. The number of hydrogen-bond acceptors (Lipinski definition) is 9. The van der Waals surface area contributed by atoms with Crippen LogP contribution in [-0.2, 0) is 4.74 Å². The molecule has 0 unspecified atom stereocenters. The number of hydrogen-bond donors (Lipinski definition) is 1. The van der Waals surface area contributed by atoms with Crippen molar-refractivity contribution < 1.29 is 4.74 Å². The number of ether oxygens (including phenoxy) is 1. The van der Waals surface area contributed by atoms with Gasteiger partial charge in [0.2, 0.25) is 5.16 Å². The summed E-state index contributed by atoms with van der Waals surface area (Å²) in [5, 5.41) is 9.89. The van der Waals surface area contributed by atoms with E-state index in [1.165, 1.54) is 11.8 Å². The zero-order valence-electron chi connectivity index (χ0n) is 17.7. The molecule has 2 aliphatic rings. The Balaban J connectivity index is 1.26. The molecule has 2 N–H and O–H groups in total. The highest BCUT2D eigenvalue weighted by atomic mass is 35.5. The predicted octanol–water partition coefficient (Wildman–Crippen LogP) is 3.47. The number of benzene rings is 1. The average Bonchev–Trinajstić information content (AvgIpc) is 3.10. The topological polar surface area (TPSA) is 103 Å². The first-order chi connectivity index (χ1) is 15.6. The van der Waals surface area contributed by atoms with Crippen LogP contribution in [0.2, 0.25) is 5.02 Å². The molecule has 2 aromatic heterocycles. The van der Waals surface area contributed by atoms with E-state index < -0.39 is 0 Å². The molecule has 2 fully saturated rings. The fourth-order valence-corrected chi connectivity index (χ4v) is 5.50. The van der Waals surface area contributed by atoms with E-state index in [1.54, 1.807) is 24.8 Å². The Morgan fingerprint density at radius 3 is 2.66 bits per heavy atom. The minimum absolute atomic E-state index is 0.0808. The molecule has 0 aliphatic carbocycles. The number of piperidine rings is 1. The monoisotopic (exact) mass is 469 g/mol. The van der Waals surface area contributed by atoms with Crippen LogP contribution in [0.1, 0.15) is 19.8 Å². The number of aromatic nitrogens is 5. The lowest BCUT2D eigenvalue weighted by molar-refractivity contribution is 0.0974. The molecule has 4 heterocycles. The number of rotatable bonds is 4. The van der Waals surface area contributed by atoms with Crippen LogP contribution >= 0.6 is 23.4 Å². The quantitative estimate of drug-likeness (QED) is 0.615. The van der Waals surface area contributed by atoms with Gasteiger partial charge in [-0.25, -0.2) is 4.98 Å². The van der Waals surface area contributed by atoms with Crippen molar-refractivity contribution in [3.05, 3.63) is 48.0 Å². The molecule has 0 saturated carbocycles. The maximum Gasteiger partial charge on any atom is 0.214 e. The number of halogens is 1. The first-order valence-corrected chi connectivity index (χ1v) is 11.8. The molecule has 10 heteroatoms. The van der Waals surface area contributed by atoms with Crippen molar-refractivity contribution in [2.75, 3.05) is 24.6 Å². The molecule has 5 rings (SSSR count). The van der Waals surface area contributed by atoms with Gasteiger partial charge in [0.15, 0.2) is 5.82 Å². The molecular weight excluding hydrogens is 446 g/mol. The van der Waals surface area contributed by atoms with Gasteiger partial charge in [-0.1, -0.05) is 23.7 Å². The standard InChI is InChI=1S/C22H24ClN7OS/c1-14-20(24)22(13-31-14)5-9-30(10-6-22)18-12-27-21(29-28-18)32-17-4-2-3-15(19(17)23)16-11-25-7-8-26-16/h2-4,7-8,11-12,14,20H,5-6,9-10,13,24H2,1H3/t14-,20+/m0/s1. The summed E-state index contributed by atoms with van der Waals surface area (Å²) in [4.78, 5) is 16.0. The summed E-state index contributed by atoms with van der Waals surface area (Å²) < 4.78 is 5.81. The first-order valence-electron chi connectivity index (χ1n) is 10.6. The number of nitrogens with two attached hydrogens (primary N) is 1. The molecule has 0 amide bonds. The van der Waals surface area contributed by atoms with Crippen molar-refractivity contribution in [1.82, 2.24) is 25.1 Å². The van der Waals surface area contributed by atoms with Gasteiger partial charge in [-0.3, -0.25) is 9.97 Å². The average molecular weight is 470 g/mol. The Kier molecular flexibility index (Phi) is 5.98. The Morgan fingerprint density at radius 2 is 2.00 bits per heavy atom. The van der Waals surface area contributed by atoms with Gasteiger partial charge in [0.1, 0.15) is 0 Å². The highest BCUT2D eigenvalue weighted by Gasteiger charge is 2.47. The SMILES string of the molecule is C[C@@H]1OCC2(CCN(c3cnc(Sc4cccc(-c5cnccn5)c4Cl)nn3)CC2)[C@@H]1N. The lowest BCUT2D eigenvalue weighted by Crippen LogP contribution is -2.50. The summed E-state index contributed by atoms with van der Waals surface area (Å²) in [5.41, 5.74) is 8.04. The van der Waals surface area contributed by atoms with Crippen LogP contribution in [0.15, 0.2) is 53.0 Å². The fourth-order valence-electron chi connectivity index (χ4n) is 4.43. The highest BCUT2D eigenvalue weighted by Crippen LogP contribution is 2.42. The van der Waals surface area contributed by atoms with Gasteiger partial charge in [0.25, 0.3) is 0 Å². The molecular formula is C22H24ClN7OS. The van der Waals surface area contributed by atoms with E-state index in [4.69, 9.17) is 22.1 Å². The van der Waals surface area contributed by atoms with Crippen molar-refractivity contribution in [3.63, 3.8) is 0 Å². The molecule has 166 valence electrons. The number of anilines is 1. The minimum Gasteiger partial charge on any atom is -0.376 e. The van der Waals surface area contributed by atoms with E-state index in [2.05, 4.69) is 37.0 Å². The summed E-state index contributed by atoms with van der Waals surface area (Å²) >= 11 is 8.01. The van der Waals surface area contributed by atoms with Gasteiger partial charge in [-0.2, -0.15) is 0 Å². The van der Waals surface area contributed by atoms with Gasteiger partial charge in [0, 0.05) is 47.4 Å². The van der Waals surface area contributed by atoms with Crippen LogP contribution in [-0.4, -0.2) is 57.0 Å². The molecule has 2 saturated heterocycles. The van der Waals surface area contributed by atoms with Gasteiger partial charge in [-0.05, 0) is 37.6 Å². The van der Waals surface area contributed by atoms with Crippen LogP contribution < -0.4 is 10.6 Å². The van der Waals surface area contributed by atoms with Crippen LogP contribution in [0.25, 0.3) is 11.3 Å². The van der Waals surface area contributed by atoms with Crippen molar-refractivity contribution >= 4 is 29.2 Å². The van der Waals surface area contributed by atoms with E-state index in [0.717, 1.165) is 54.5 Å². The zero-order valence-corrected chi connectivity index (χ0v) is 19.3. The second-order valence-electron chi connectivity index (χ2n) is 8.30. The van der Waals surface area contributed by atoms with Crippen LogP contribution in [0.5, 0.6) is 0 Å². The molecule has 0 radical (unpaired) electrons. The van der Waals surface area contributed by atoms with E-state index in [0.29, 0.717) is 10.2 Å². The van der Waals surface area contributed by atoms with Crippen LogP contribution in [0.3, 0.4) is 0 Å². The maximum absolute atomic E-state index is 6.63. The maximum atomic E-state index is 6.63. The third-order valence-corrected chi connectivity index (χ3v) is 7.91. The van der Waals surface area contributed by atoms with Crippen molar-refractivity contribution in [2.45, 2.75) is 42.0 Å². The van der Waals surface area contributed by atoms with Gasteiger partial charge >= 0.3 is 0 Å². The zero-order chi connectivity index (χ0) is 22.1. The van der Waals surface area contributed by atoms with Crippen molar-refractivity contribution in [3.8, 4) is 11.3 Å². The first kappa shape index (κ1) is 21.5. The molecule has 2 atom stereocenters. The van der Waals surface area contributed by atoms with Gasteiger partial charge in [-0.15, -0.1) is 10.2 Å².